The van der Waals surface area contributed by atoms with Crippen molar-refractivity contribution in [2.24, 2.45) is 11.3 Å². The third kappa shape index (κ3) is 4.73. The van der Waals surface area contributed by atoms with Crippen LogP contribution in [0.1, 0.15) is 46.0 Å². The van der Waals surface area contributed by atoms with Crippen molar-refractivity contribution in [3.05, 3.63) is 0 Å². The van der Waals surface area contributed by atoms with Crippen LogP contribution in [0, 0.1) is 11.3 Å². The molecule has 1 aliphatic carbocycles. The monoisotopic (exact) mass is 353 g/mol. The van der Waals surface area contributed by atoms with E-state index in [2.05, 4.69) is 43.5 Å². The number of hydrogen-bond acceptors (Lipinski definition) is 3. The number of carbonyl (C=O) groups excluding carboxylic acids is 1. The summed E-state index contributed by atoms with van der Waals surface area (Å²) in [5.41, 5.74) is -0.0660. The molecule has 0 aromatic heterocycles. The molecule has 0 bridgehead atoms. The fourth-order valence-electron chi connectivity index (χ4n) is 3.83. The Morgan fingerprint density at radius 2 is 2.00 bits per heavy atom. The van der Waals surface area contributed by atoms with E-state index in [0.29, 0.717) is 0 Å². The quantitative estimate of drug-likeness (QED) is 0.815. The number of hydrogen-bond donors (Lipinski definition) is 2. The van der Waals surface area contributed by atoms with Crippen molar-refractivity contribution in [1.29, 1.82) is 0 Å². The van der Waals surface area contributed by atoms with Crippen molar-refractivity contribution in [2.45, 2.75) is 51.5 Å². The van der Waals surface area contributed by atoms with Gasteiger partial charge in [-0.2, -0.15) is 0 Å². The minimum Gasteiger partial charge on any atom is -0.354 e. The smallest absolute Gasteiger partial charge is 0.227 e. The van der Waals surface area contributed by atoms with E-state index in [1.54, 1.807) is 0 Å². The minimum atomic E-state index is -0.214. The molecule has 22 heavy (non-hydrogen) atoms. The van der Waals surface area contributed by atoms with Crippen molar-refractivity contribution in [3.63, 3.8) is 0 Å². The number of halogens is 2. The topological polar surface area (TPSA) is 44.4 Å². The molecule has 0 aromatic carbocycles. The Balaban J connectivity index is 0.00000220. The molecule has 2 aliphatic rings. The number of likely N-dealkylation sites (N-methyl/N-ethyl adjacent to an activating group) is 1. The van der Waals surface area contributed by atoms with Crippen LogP contribution in [0.2, 0.25) is 0 Å². The lowest BCUT2D eigenvalue weighted by Crippen LogP contribution is -2.56. The fraction of sp³-hybridized carbons (Fsp3) is 0.938. The molecule has 1 amide bonds. The lowest BCUT2D eigenvalue weighted by atomic mass is 9.75. The molecule has 2 fully saturated rings. The van der Waals surface area contributed by atoms with Gasteiger partial charge in [0.1, 0.15) is 0 Å². The summed E-state index contributed by atoms with van der Waals surface area (Å²) in [4.78, 5) is 14.8. The summed E-state index contributed by atoms with van der Waals surface area (Å²) >= 11 is 0. The first-order valence-electron chi connectivity index (χ1n) is 8.04. The predicted octanol–water partition coefficient (Wildman–Crippen LogP) is 2.46. The normalized spacial score (nSPS) is 34.7. The van der Waals surface area contributed by atoms with Gasteiger partial charge in [0.25, 0.3) is 0 Å². The standard InChI is InChI=1S/C16H31N3O.2ClH/c1-13-6-5-7-16(10-13,19(3)4)12-18-14(20)15(2)8-9-17-11-15;;/h13,17H,5-12H2,1-4H3,(H,18,20);2*1H. The van der Waals surface area contributed by atoms with Gasteiger partial charge in [0.05, 0.1) is 5.41 Å². The summed E-state index contributed by atoms with van der Waals surface area (Å²) in [6, 6.07) is 0. The molecule has 1 saturated heterocycles. The number of rotatable bonds is 4. The zero-order valence-electron chi connectivity index (χ0n) is 14.4. The molecule has 0 radical (unpaired) electrons. The van der Waals surface area contributed by atoms with Crippen LogP contribution in [-0.4, -0.2) is 50.1 Å². The Morgan fingerprint density at radius 1 is 1.32 bits per heavy atom. The van der Waals surface area contributed by atoms with Crippen LogP contribution in [-0.2, 0) is 4.79 Å². The van der Waals surface area contributed by atoms with Crippen LogP contribution in [0.3, 0.4) is 0 Å². The molecule has 132 valence electrons. The highest BCUT2D eigenvalue weighted by molar-refractivity contribution is 5.85. The third-order valence-corrected chi connectivity index (χ3v) is 5.51. The zero-order valence-corrected chi connectivity index (χ0v) is 16.0. The van der Waals surface area contributed by atoms with Crippen LogP contribution in [0.25, 0.3) is 0 Å². The zero-order chi connectivity index (χ0) is 14.8. The van der Waals surface area contributed by atoms with E-state index in [1.165, 1.54) is 25.7 Å². The first kappa shape index (κ1) is 22.0. The van der Waals surface area contributed by atoms with Crippen molar-refractivity contribution in [3.8, 4) is 0 Å². The van der Waals surface area contributed by atoms with Crippen LogP contribution >= 0.6 is 24.8 Å². The van der Waals surface area contributed by atoms with Crippen LogP contribution in [0.15, 0.2) is 0 Å². The first-order valence-corrected chi connectivity index (χ1v) is 8.04. The highest BCUT2D eigenvalue weighted by atomic mass is 35.5. The summed E-state index contributed by atoms with van der Waals surface area (Å²) in [7, 11) is 4.31. The summed E-state index contributed by atoms with van der Waals surface area (Å²) in [6.07, 6.45) is 5.93. The highest BCUT2D eigenvalue weighted by Crippen LogP contribution is 2.35. The van der Waals surface area contributed by atoms with Gasteiger partial charge in [0.15, 0.2) is 0 Å². The van der Waals surface area contributed by atoms with E-state index in [-0.39, 0.29) is 41.7 Å². The Kier molecular flexibility index (Phi) is 8.71. The van der Waals surface area contributed by atoms with E-state index in [9.17, 15) is 4.79 Å². The van der Waals surface area contributed by atoms with Crippen LogP contribution in [0.4, 0.5) is 0 Å². The summed E-state index contributed by atoms with van der Waals surface area (Å²) in [6.45, 7) is 6.97. The van der Waals surface area contributed by atoms with Gasteiger partial charge in [-0.3, -0.25) is 4.79 Å². The largest absolute Gasteiger partial charge is 0.354 e. The number of nitrogens with one attached hydrogen (secondary N) is 2. The van der Waals surface area contributed by atoms with Crippen LogP contribution < -0.4 is 10.6 Å². The molecule has 6 heteroatoms. The molecular formula is C16H33Cl2N3O. The summed E-state index contributed by atoms with van der Waals surface area (Å²) < 4.78 is 0. The number of carbonyl (C=O) groups is 1. The molecule has 0 spiro atoms. The van der Waals surface area contributed by atoms with Gasteiger partial charge >= 0.3 is 0 Å². The van der Waals surface area contributed by atoms with Gasteiger partial charge in [0, 0.05) is 18.6 Å². The van der Waals surface area contributed by atoms with Gasteiger partial charge in [-0.05, 0) is 52.7 Å². The second-order valence-electron chi connectivity index (χ2n) is 7.49. The van der Waals surface area contributed by atoms with E-state index in [1.807, 2.05) is 0 Å². The number of nitrogens with zero attached hydrogens (tertiary/aromatic N) is 1. The molecule has 0 aromatic rings. The van der Waals surface area contributed by atoms with Gasteiger partial charge in [-0.1, -0.05) is 19.8 Å². The molecule has 4 nitrogen and oxygen atoms in total. The molecule has 1 heterocycles. The molecule has 2 rings (SSSR count). The Bertz CT molecular complexity index is 359. The third-order valence-electron chi connectivity index (χ3n) is 5.51. The maximum atomic E-state index is 12.5. The highest BCUT2D eigenvalue weighted by Gasteiger charge is 2.40. The van der Waals surface area contributed by atoms with E-state index >= 15 is 0 Å². The number of amides is 1. The second kappa shape index (κ2) is 8.72. The molecule has 2 N–H and O–H groups in total. The lowest BCUT2D eigenvalue weighted by Gasteiger charge is -2.45. The molecule has 3 atom stereocenters. The lowest BCUT2D eigenvalue weighted by molar-refractivity contribution is -0.130. The second-order valence-corrected chi connectivity index (χ2v) is 7.49. The Hall–Kier alpha value is -0.0300. The van der Waals surface area contributed by atoms with Gasteiger partial charge in [-0.15, -0.1) is 24.8 Å². The van der Waals surface area contributed by atoms with Gasteiger partial charge in [0.2, 0.25) is 5.91 Å². The van der Waals surface area contributed by atoms with Crippen molar-refractivity contribution >= 4 is 30.7 Å². The molecular weight excluding hydrogens is 321 g/mol. The molecule has 3 unspecified atom stereocenters. The first-order chi connectivity index (χ1) is 9.38. The molecule has 1 saturated carbocycles. The molecule has 1 aliphatic heterocycles. The minimum absolute atomic E-state index is 0. The fourth-order valence-corrected chi connectivity index (χ4v) is 3.83. The summed E-state index contributed by atoms with van der Waals surface area (Å²) in [5, 5.41) is 6.56. The van der Waals surface area contributed by atoms with Crippen molar-refractivity contribution < 1.29 is 4.79 Å². The van der Waals surface area contributed by atoms with Crippen molar-refractivity contribution in [1.82, 2.24) is 15.5 Å². The predicted molar refractivity (Wildman–Crippen MR) is 97.1 cm³/mol. The van der Waals surface area contributed by atoms with Crippen LogP contribution in [0.5, 0.6) is 0 Å². The van der Waals surface area contributed by atoms with E-state index in [0.717, 1.165) is 32.0 Å². The van der Waals surface area contributed by atoms with E-state index < -0.39 is 0 Å². The maximum Gasteiger partial charge on any atom is 0.227 e. The van der Waals surface area contributed by atoms with Gasteiger partial charge < -0.3 is 15.5 Å². The Labute approximate surface area is 148 Å². The average molecular weight is 354 g/mol. The average Bonchev–Trinajstić information content (AvgIpc) is 2.84. The Morgan fingerprint density at radius 3 is 2.50 bits per heavy atom. The maximum absolute atomic E-state index is 12.5. The SMILES string of the molecule is CC1CCCC(CNC(=O)C2(C)CCNC2)(N(C)C)C1.Cl.Cl. The summed E-state index contributed by atoms with van der Waals surface area (Å²) in [5.74, 6) is 0.980. The van der Waals surface area contributed by atoms with Gasteiger partial charge in [-0.25, -0.2) is 0 Å². The van der Waals surface area contributed by atoms with E-state index in [4.69, 9.17) is 0 Å². The van der Waals surface area contributed by atoms with Crippen molar-refractivity contribution in [2.75, 3.05) is 33.7 Å².